The summed E-state index contributed by atoms with van der Waals surface area (Å²) in [6.07, 6.45) is 6.23. The zero-order chi connectivity index (χ0) is 16.1. The van der Waals surface area contributed by atoms with Gasteiger partial charge in [-0.2, -0.15) is 0 Å². The van der Waals surface area contributed by atoms with Crippen molar-refractivity contribution in [2.75, 3.05) is 26.9 Å². The van der Waals surface area contributed by atoms with Crippen molar-refractivity contribution < 1.29 is 14.2 Å². The highest BCUT2D eigenvalue weighted by molar-refractivity contribution is 6.30. The first kappa shape index (κ1) is 17.2. The molecular weight excluding hydrogens is 312 g/mol. The van der Waals surface area contributed by atoms with Crippen molar-refractivity contribution >= 4 is 11.6 Å². The van der Waals surface area contributed by atoms with E-state index in [9.17, 15) is 0 Å². The molecule has 0 N–H and O–H groups in total. The second kappa shape index (κ2) is 8.48. The maximum atomic E-state index is 5.98. The SMILES string of the molecule is COCC[C@H]1CC[C@H](C2COC(c3ccc(Cl)cc3)OC2)CC1. The van der Waals surface area contributed by atoms with Crippen molar-refractivity contribution in [1.82, 2.24) is 0 Å². The zero-order valence-corrected chi connectivity index (χ0v) is 14.6. The molecule has 0 spiro atoms. The van der Waals surface area contributed by atoms with Crippen LogP contribution in [0.2, 0.25) is 5.02 Å². The summed E-state index contributed by atoms with van der Waals surface area (Å²) in [4.78, 5) is 0. The minimum absolute atomic E-state index is 0.235. The molecule has 0 aromatic heterocycles. The minimum atomic E-state index is -0.235. The predicted molar refractivity (Wildman–Crippen MR) is 91.5 cm³/mol. The molecule has 3 nitrogen and oxygen atoms in total. The summed E-state index contributed by atoms with van der Waals surface area (Å²) in [5.74, 6) is 2.14. The van der Waals surface area contributed by atoms with Crippen LogP contribution < -0.4 is 0 Å². The lowest BCUT2D eigenvalue weighted by Gasteiger charge is -2.37. The highest BCUT2D eigenvalue weighted by Gasteiger charge is 2.32. The molecule has 1 saturated carbocycles. The number of benzene rings is 1. The van der Waals surface area contributed by atoms with Gasteiger partial charge in [-0.05, 0) is 43.2 Å². The number of ether oxygens (including phenoxy) is 3. The lowest BCUT2D eigenvalue weighted by molar-refractivity contribution is -0.214. The van der Waals surface area contributed by atoms with Crippen LogP contribution in [0.15, 0.2) is 24.3 Å². The zero-order valence-electron chi connectivity index (χ0n) is 13.9. The van der Waals surface area contributed by atoms with Crippen molar-refractivity contribution in [3.05, 3.63) is 34.9 Å². The van der Waals surface area contributed by atoms with Gasteiger partial charge in [-0.15, -0.1) is 0 Å². The van der Waals surface area contributed by atoms with Gasteiger partial charge in [-0.3, -0.25) is 0 Å². The van der Waals surface area contributed by atoms with Crippen molar-refractivity contribution in [1.29, 1.82) is 0 Å². The van der Waals surface area contributed by atoms with Gasteiger partial charge in [0, 0.05) is 30.2 Å². The fourth-order valence-electron chi connectivity index (χ4n) is 3.84. The highest BCUT2D eigenvalue weighted by Crippen LogP contribution is 2.38. The summed E-state index contributed by atoms with van der Waals surface area (Å²) in [5, 5.41) is 0.743. The minimum Gasteiger partial charge on any atom is -0.385 e. The van der Waals surface area contributed by atoms with Crippen molar-refractivity contribution in [2.45, 2.75) is 38.4 Å². The molecule has 0 atom stereocenters. The molecule has 4 heteroatoms. The van der Waals surface area contributed by atoms with Crippen LogP contribution in [0, 0.1) is 17.8 Å². The van der Waals surface area contributed by atoms with E-state index in [1.165, 1.54) is 32.1 Å². The third-order valence-corrected chi connectivity index (χ3v) is 5.61. The molecule has 0 bridgehead atoms. The van der Waals surface area contributed by atoms with Crippen LogP contribution in [0.1, 0.15) is 44.0 Å². The van der Waals surface area contributed by atoms with E-state index in [-0.39, 0.29) is 6.29 Å². The Morgan fingerprint density at radius 3 is 2.26 bits per heavy atom. The molecule has 1 saturated heterocycles. The van der Waals surface area contributed by atoms with Gasteiger partial charge in [0.15, 0.2) is 6.29 Å². The molecule has 3 rings (SSSR count). The van der Waals surface area contributed by atoms with Crippen LogP contribution in [0.25, 0.3) is 0 Å². The number of hydrogen-bond donors (Lipinski definition) is 0. The standard InChI is InChI=1S/C19H27ClO3/c1-21-11-10-14-2-4-15(5-3-14)17-12-22-19(23-13-17)16-6-8-18(20)9-7-16/h6-9,14-15,17,19H,2-5,10-13H2,1H3/t14-,15-,17?,19?. The smallest absolute Gasteiger partial charge is 0.183 e. The van der Waals surface area contributed by atoms with E-state index in [1.807, 2.05) is 24.3 Å². The Kier molecular flexibility index (Phi) is 6.35. The van der Waals surface area contributed by atoms with Crippen LogP contribution in [-0.2, 0) is 14.2 Å². The maximum absolute atomic E-state index is 5.98. The second-order valence-corrected chi connectivity index (χ2v) is 7.31. The third-order valence-electron chi connectivity index (χ3n) is 5.35. The second-order valence-electron chi connectivity index (χ2n) is 6.87. The van der Waals surface area contributed by atoms with Gasteiger partial charge in [0.05, 0.1) is 13.2 Å². The molecule has 1 aromatic rings. The van der Waals surface area contributed by atoms with Crippen LogP contribution in [0.3, 0.4) is 0 Å². The molecule has 1 aliphatic heterocycles. The number of hydrogen-bond acceptors (Lipinski definition) is 3. The first-order chi connectivity index (χ1) is 11.3. The lowest BCUT2D eigenvalue weighted by Crippen LogP contribution is -2.34. The summed E-state index contributed by atoms with van der Waals surface area (Å²) >= 11 is 5.93. The van der Waals surface area contributed by atoms with Crippen molar-refractivity contribution in [2.24, 2.45) is 17.8 Å². The number of methoxy groups -OCH3 is 1. The predicted octanol–water partition coefficient (Wildman–Crippen LogP) is 4.84. The van der Waals surface area contributed by atoms with Gasteiger partial charge < -0.3 is 14.2 Å². The van der Waals surface area contributed by atoms with E-state index in [1.54, 1.807) is 7.11 Å². The summed E-state index contributed by atoms with van der Waals surface area (Å²) < 4.78 is 17.2. The average molecular weight is 339 g/mol. The Hall–Kier alpha value is -0.610. The molecule has 0 unspecified atom stereocenters. The van der Waals surface area contributed by atoms with E-state index in [4.69, 9.17) is 25.8 Å². The molecule has 2 fully saturated rings. The Balaban J connectivity index is 1.43. The van der Waals surface area contributed by atoms with Gasteiger partial charge in [-0.1, -0.05) is 36.6 Å². The van der Waals surface area contributed by atoms with Gasteiger partial charge >= 0.3 is 0 Å². The van der Waals surface area contributed by atoms with E-state index in [0.29, 0.717) is 5.92 Å². The van der Waals surface area contributed by atoms with E-state index in [2.05, 4.69) is 0 Å². The summed E-state index contributed by atoms with van der Waals surface area (Å²) in [6.45, 7) is 2.51. The Morgan fingerprint density at radius 1 is 1.00 bits per heavy atom. The summed E-state index contributed by atoms with van der Waals surface area (Å²) in [7, 11) is 1.79. The quantitative estimate of drug-likeness (QED) is 0.768. The van der Waals surface area contributed by atoms with Gasteiger partial charge in [0.1, 0.15) is 0 Å². The first-order valence-electron chi connectivity index (χ1n) is 8.74. The molecule has 1 aromatic carbocycles. The first-order valence-corrected chi connectivity index (χ1v) is 9.11. The van der Waals surface area contributed by atoms with Crippen LogP contribution in [0.5, 0.6) is 0 Å². The summed E-state index contributed by atoms with van der Waals surface area (Å²) in [6, 6.07) is 7.73. The van der Waals surface area contributed by atoms with Crippen molar-refractivity contribution in [3.8, 4) is 0 Å². The third kappa shape index (κ3) is 4.69. The van der Waals surface area contributed by atoms with E-state index in [0.717, 1.165) is 42.2 Å². The molecule has 0 radical (unpaired) electrons. The largest absolute Gasteiger partial charge is 0.385 e. The normalized spacial score (nSPS) is 31.9. The van der Waals surface area contributed by atoms with E-state index < -0.39 is 0 Å². The van der Waals surface area contributed by atoms with Crippen molar-refractivity contribution in [3.63, 3.8) is 0 Å². The highest BCUT2D eigenvalue weighted by atomic mass is 35.5. The lowest BCUT2D eigenvalue weighted by atomic mass is 9.75. The Labute approximate surface area is 144 Å². The van der Waals surface area contributed by atoms with Gasteiger partial charge in [0.25, 0.3) is 0 Å². The van der Waals surface area contributed by atoms with Crippen LogP contribution in [-0.4, -0.2) is 26.9 Å². The van der Waals surface area contributed by atoms with Crippen LogP contribution >= 0.6 is 11.6 Å². The molecule has 2 aliphatic rings. The maximum Gasteiger partial charge on any atom is 0.183 e. The summed E-state index contributed by atoms with van der Waals surface area (Å²) in [5.41, 5.74) is 1.05. The Morgan fingerprint density at radius 2 is 1.65 bits per heavy atom. The van der Waals surface area contributed by atoms with Crippen LogP contribution in [0.4, 0.5) is 0 Å². The topological polar surface area (TPSA) is 27.7 Å². The monoisotopic (exact) mass is 338 g/mol. The molecule has 0 amide bonds. The number of halogens is 1. The Bertz CT molecular complexity index is 460. The molecule has 1 aliphatic carbocycles. The van der Waals surface area contributed by atoms with E-state index >= 15 is 0 Å². The van der Waals surface area contributed by atoms with Gasteiger partial charge in [-0.25, -0.2) is 0 Å². The fraction of sp³-hybridized carbons (Fsp3) is 0.684. The molecular formula is C19H27ClO3. The molecule has 128 valence electrons. The molecule has 23 heavy (non-hydrogen) atoms. The fourth-order valence-corrected chi connectivity index (χ4v) is 3.96. The number of rotatable bonds is 5. The van der Waals surface area contributed by atoms with Gasteiger partial charge in [0.2, 0.25) is 0 Å². The average Bonchev–Trinajstić information content (AvgIpc) is 2.61. The molecule has 1 heterocycles.